The number of carboxylic acid groups (broad SMARTS) is 1. The first-order chi connectivity index (χ1) is 15.6. The summed E-state index contributed by atoms with van der Waals surface area (Å²) in [6, 6.07) is 8.06. The van der Waals surface area contributed by atoms with Gasteiger partial charge in [0, 0.05) is 16.8 Å². The number of anilines is 1. The third-order valence-electron chi connectivity index (χ3n) is 4.62. The maximum Gasteiger partial charge on any atom is 0.323 e. The number of carbonyl (C=O) groups excluding carboxylic acids is 1. The van der Waals surface area contributed by atoms with E-state index in [1.807, 2.05) is 26.0 Å². The van der Waals surface area contributed by atoms with E-state index in [0.717, 1.165) is 20.2 Å². The molecule has 10 nitrogen and oxygen atoms in total. The molecule has 1 aliphatic heterocycles. The van der Waals surface area contributed by atoms with Crippen molar-refractivity contribution in [3.8, 4) is 5.75 Å². The van der Waals surface area contributed by atoms with Gasteiger partial charge in [-0.15, -0.1) is 20.1 Å². The topological polar surface area (TPSA) is 144 Å². The second kappa shape index (κ2) is 9.96. The van der Waals surface area contributed by atoms with Crippen LogP contribution in [0.5, 0.6) is 5.75 Å². The average molecular weight is 490 g/mol. The number of nitrogens with zero attached hydrogens (tertiary/aromatic N) is 3. The molecule has 0 spiro atoms. The Bertz CT molecular complexity index is 1200. The highest BCUT2D eigenvalue weighted by Gasteiger charge is 2.26. The lowest BCUT2D eigenvalue weighted by molar-refractivity contribution is -0.137. The van der Waals surface area contributed by atoms with Crippen LogP contribution in [0.1, 0.15) is 33.1 Å². The summed E-state index contributed by atoms with van der Waals surface area (Å²) in [4.78, 5) is 26.5. The van der Waals surface area contributed by atoms with Crippen LogP contribution in [0.2, 0.25) is 0 Å². The highest BCUT2D eigenvalue weighted by atomic mass is 32.2. The van der Waals surface area contributed by atoms with Gasteiger partial charge in [-0.2, -0.15) is 0 Å². The van der Waals surface area contributed by atoms with Crippen molar-refractivity contribution in [1.82, 2.24) is 10.2 Å². The van der Waals surface area contributed by atoms with E-state index in [-0.39, 0.29) is 29.0 Å². The van der Waals surface area contributed by atoms with Crippen molar-refractivity contribution in [2.75, 3.05) is 18.9 Å². The van der Waals surface area contributed by atoms with E-state index in [0.29, 0.717) is 0 Å². The molecule has 1 aromatic carbocycles. The molecule has 2 aromatic rings. The number of hydrogen-bond donors (Lipinski definition) is 4. The lowest BCUT2D eigenvalue weighted by atomic mass is 10.1. The molecular formula is C21H23N5O5S2. The van der Waals surface area contributed by atoms with Crippen molar-refractivity contribution in [3.05, 3.63) is 57.8 Å². The van der Waals surface area contributed by atoms with E-state index in [9.17, 15) is 18.9 Å². The van der Waals surface area contributed by atoms with Crippen LogP contribution in [-0.4, -0.2) is 56.5 Å². The van der Waals surface area contributed by atoms with Crippen LogP contribution in [0.4, 0.5) is 5.69 Å². The summed E-state index contributed by atoms with van der Waals surface area (Å²) in [5, 5.41) is 25.6. The number of carboxylic acids is 1. The van der Waals surface area contributed by atoms with Gasteiger partial charge in [0.1, 0.15) is 6.54 Å². The largest absolute Gasteiger partial charge is 0.505 e. The van der Waals surface area contributed by atoms with Crippen molar-refractivity contribution in [2.45, 2.75) is 19.9 Å². The number of likely N-dealkylation sites (N-methyl/N-ethyl adjacent to an activating group) is 1. The molecular weight excluding hydrogens is 466 g/mol. The fraction of sp³-hybridized carbons (Fsp3) is 0.238. The molecule has 0 fully saturated rings. The molecule has 1 amide bonds. The SMILES string of the molecule is C=C(C)C(NC1=NS(=O)N=C1Nc1cccc(C(=O)N(C)CC(=O)O)c1O)c1ccc(C)s1. The average Bonchev–Trinajstić information content (AvgIpc) is 3.31. The van der Waals surface area contributed by atoms with E-state index < -0.39 is 35.3 Å². The van der Waals surface area contributed by atoms with Crippen LogP contribution >= 0.6 is 11.3 Å². The first-order valence-corrected chi connectivity index (χ1v) is 11.6. The minimum absolute atomic E-state index is 0.0937. The van der Waals surface area contributed by atoms with Gasteiger partial charge in [0.05, 0.1) is 17.3 Å². The maximum absolute atomic E-state index is 12.5. The van der Waals surface area contributed by atoms with Crippen LogP contribution < -0.4 is 10.6 Å². The molecule has 1 aromatic heterocycles. The summed E-state index contributed by atoms with van der Waals surface area (Å²) in [7, 11) is 1.32. The van der Waals surface area contributed by atoms with Crippen molar-refractivity contribution < 1.29 is 24.0 Å². The minimum Gasteiger partial charge on any atom is -0.505 e. The zero-order valence-corrected chi connectivity index (χ0v) is 19.8. The van der Waals surface area contributed by atoms with Gasteiger partial charge in [-0.05, 0) is 38.1 Å². The highest BCUT2D eigenvalue weighted by molar-refractivity contribution is 7.83. The number of aliphatic carboxylic acids is 1. The Morgan fingerprint density at radius 3 is 2.55 bits per heavy atom. The van der Waals surface area contributed by atoms with E-state index in [4.69, 9.17) is 5.11 Å². The highest BCUT2D eigenvalue weighted by Crippen LogP contribution is 2.30. The van der Waals surface area contributed by atoms with E-state index in [1.54, 1.807) is 11.3 Å². The number of thiophene rings is 1. The molecule has 0 saturated carbocycles. The molecule has 0 aliphatic carbocycles. The van der Waals surface area contributed by atoms with Crippen LogP contribution in [0.25, 0.3) is 0 Å². The molecule has 174 valence electrons. The summed E-state index contributed by atoms with van der Waals surface area (Å²) in [5.41, 5.74) is 0.841. The second-order valence-electron chi connectivity index (χ2n) is 7.36. The first-order valence-electron chi connectivity index (χ1n) is 9.71. The predicted molar refractivity (Wildman–Crippen MR) is 129 cm³/mol. The number of para-hydroxylation sites is 1. The number of amides is 1. The maximum atomic E-state index is 12.5. The number of benzene rings is 1. The van der Waals surface area contributed by atoms with E-state index in [2.05, 4.69) is 26.0 Å². The van der Waals surface area contributed by atoms with Crippen molar-refractivity contribution in [3.63, 3.8) is 0 Å². The van der Waals surface area contributed by atoms with Gasteiger partial charge in [-0.1, -0.05) is 18.2 Å². The number of carbonyl (C=O) groups is 2. The lowest BCUT2D eigenvalue weighted by Crippen LogP contribution is -2.36. The number of rotatable bonds is 7. The van der Waals surface area contributed by atoms with E-state index >= 15 is 0 Å². The quantitative estimate of drug-likeness (QED) is 0.346. The summed E-state index contributed by atoms with van der Waals surface area (Å²) >= 11 is -0.280. The van der Waals surface area contributed by atoms with Gasteiger partial charge in [-0.3, -0.25) is 9.59 Å². The Morgan fingerprint density at radius 1 is 1.24 bits per heavy atom. The summed E-state index contributed by atoms with van der Waals surface area (Å²) < 4.78 is 20.0. The van der Waals surface area contributed by atoms with Gasteiger partial charge >= 0.3 is 5.97 Å². The Hall–Kier alpha value is -3.51. The normalized spacial score (nSPS) is 15.9. The molecule has 2 unspecified atom stereocenters. The Labute approximate surface area is 197 Å². The molecule has 2 atom stereocenters. The monoisotopic (exact) mass is 489 g/mol. The molecule has 2 heterocycles. The minimum atomic E-state index is -1.87. The number of amidine groups is 2. The molecule has 0 radical (unpaired) electrons. The van der Waals surface area contributed by atoms with Gasteiger partial charge in [0.2, 0.25) is 0 Å². The van der Waals surface area contributed by atoms with Crippen LogP contribution in [0.15, 0.2) is 51.3 Å². The zero-order chi connectivity index (χ0) is 24.3. The number of aromatic hydroxyl groups is 1. The third-order valence-corrected chi connectivity index (χ3v) is 6.36. The van der Waals surface area contributed by atoms with Gasteiger partial charge in [0.25, 0.3) is 17.1 Å². The van der Waals surface area contributed by atoms with E-state index in [1.165, 1.54) is 25.2 Å². The Balaban J connectivity index is 1.84. The molecule has 4 N–H and O–H groups in total. The van der Waals surface area contributed by atoms with Crippen LogP contribution in [-0.2, 0) is 16.0 Å². The van der Waals surface area contributed by atoms with Crippen molar-refractivity contribution in [2.24, 2.45) is 8.80 Å². The number of nitrogens with one attached hydrogen (secondary N) is 2. The Kier molecular flexibility index (Phi) is 7.29. The molecule has 12 heteroatoms. The number of aryl methyl sites for hydroxylation is 1. The van der Waals surface area contributed by atoms with Crippen LogP contribution in [0.3, 0.4) is 0 Å². The molecule has 1 aliphatic rings. The third kappa shape index (κ3) is 5.65. The summed E-state index contributed by atoms with van der Waals surface area (Å²) in [6.45, 7) is 7.35. The van der Waals surface area contributed by atoms with Crippen molar-refractivity contribution in [1.29, 1.82) is 0 Å². The van der Waals surface area contributed by atoms with Crippen molar-refractivity contribution >= 4 is 51.7 Å². The predicted octanol–water partition coefficient (Wildman–Crippen LogP) is 2.63. The Morgan fingerprint density at radius 2 is 1.94 bits per heavy atom. The molecule has 33 heavy (non-hydrogen) atoms. The lowest BCUT2D eigenvalue weighted by Gasteiger charge is -2.20. The molecule has 3 rings (SSSR count). The summed E-state index contributed by atoms with van der Waals surface area (Å²) in [6.07, 6.45) is 0. The smallest absolute Gasteiger partial charge is 0.323 e. The van der Waals surface area contributed by atoms with Gasteiger partial charge in [0.15, 0.2) is 17.4 Å². The van der Waals surface area contributed by atoms with Gasteiger partial charge in [-0.25, -0.2) is 4.21 Å². The number of hydrogen-bond acceptors (Lipinski definition) is 7. The standard InChI is InChI=1S/C21H23N5O5S2/c1-11(2)17(15-9-8-12(3)32-15)23-20-19(24-33(31)25-20)22-14-7-5-6-13(18(14)29)21(30)26(4)10-16(27)28/h5-9,17,29H,1,10H2,2-4H3,(H,22,24)(H,23,25)(H,27,28). The van der Waals surface area contributed by atoms with Gasteiger partial charge < -0.3 is 25.7 Å². The second-order valence-corrected chi connectivity index (χ2v) is 9.51. The summed E-state index contributed by atoms with van der Waals surface area (Å²) in [5.74, 6) is -1.91. The fourth-order valence-electron chi connectivity index (χ4n) is 3.05. The molecule has 0 saturated heterocycles. The fourth-order valence-corrected chi connectivity index (χ4v) is 4.69. The zero-order valence-electron chi connectivity index (χ0n) is 18.2. The number of phenolic OH excluding ortho intramolecular Hbond substituents is 1. The number of phenols is 1. The first kappa shape index (κ1) is 24.1. The van der Waals surface area contributed by atoms with Crippen LogP contribution in [0, 0.1) is 6.92 Å². The molecule has 0 bridgehead atoms.